The molecule has 0 unspecified atom stereocenters. The van der Waals surface area contributed by atoms with E-state index in [1.54, 1.807) is 13.8 Å². The van der Waals surface area contributed by atoms with E-state index < -0.39 is 11.7 Å². The average molecular weight is 278 g/mol. The van der Waals surface area contributed by atoms with Crippen LogP contribution in [0.25, 0.3) is 0 Å². The van der Waals surface area contributed by atoms with Crippen molar-refractivity contribution >= 4 is 24.4 Å². The molecule has 0 aliphatic rings. The van der Waals surface area contributed by atoms with Crippen LogP contribution in [0.2, 0.25) is 0 Å². The summed E-state index contributed by atoms with van der Waals surface area (Å²) in [5, 5.41) is 23.3. The monoisotopic (exact) mass is 278 g/mol. The summed E-state index contributed by atoms with van der Waals surface area (Å²) >= 11 is 3.95. The summed E-state index contributed by atoms with van der Waals surface area (Å²) in [6.45, 7) is 3.89. The molecule has 0 saturated carbocycles. The predicted molar refractivity (Wildman–Crippen MR) is 71.1 cm³/mol. The van der Waals surface area contributed by atoms with Crippen LogP contribution in [0.1, 0.15) is 26.7 Å². The Balaban J connectivity index is 3.81. The van der Waals surface area contributed by atoms with Crippen molar-refractivity contribution in [1.29, 1.82) is 0 Å². The first-order valence-electron chi connectivity index (χ1n) is 5.80. The second kappa shape index (κ2) is 8.34. The minimum absolute atomic E-state index is 0.0110. The van der Waals surface area contributed by atoms with Crippen molar-refractivity contribution < 1.29 is 19.8 Å². The summed E-state index contributed by atoms with van der Waals surface area (Å²) in [7, 11) is 0. The van der Waals surface area contributed by atoms with E-state index in [1.165, 1.54) is 0 Å². The van der Waals surface area contributed by atoms with Gasteiger partial charge in [-0.25, -0.2) is 0 Å². The molecule has 0 atom stereocenters. The second-order valence-electron chi connectivity index (χ2n) is 4.71. The van der Waals surface area contributed by atoms with Crippen molar-refractivity contribution in [2.45, 2.75) is 33.0 Å². The van der Waals surface area contributed by atoms with E-state index in [4.69, 9.17) is 10.2 Å². The van der Waals surface area contributed by atoms with Crippen LogP contribution >= 0.6 is 12.6 Å². The van der Waals surface area contributed by atoms with Gasteiger partial charge in [-0.3, -0.25) is 9.59 Å². The van der Waals surface area contributed by atoms with Crippen molar-refractivity contribution in [3.8, 4) is 0 Å². The van der Waals surface area contributed by atoms with Gasteiger partial charge in [-0.1, -0.05) is 13.8 Å². The molecule has 0 spiro atoms. The Morgan fingerprint density at radius 1 is 1.17 bits per heavy atom. The van der Waals surface area contributed by atoms with Gasteiger partial charge in [0.2, 0.25) is 11.8 Å². The van der Waals surface area contributed by atoms with Crippen LogP contribution in [0.5, 0.6) is 0 Å². The van der Waals surface area contributed by atoms with Crippen LogP contribution in [0.4, 0.5) is 0 Å². The quantitative estimate of drug-likeness (QED) is 0.298. The summed E-state index contributed by atoms with van der Waals surface area (Å²) in [6.07, 6.45) is -1.37. The molecule has 0 bridgehead atoms. The summed E-state index contributed by atoms with van der Waals surface area (Å²) in [5.41, 5.74) is -0.904. The van der Waals surface area contributed by atoms with Gasteiger partial charge in [0.1, 0.15) is 0 Å². The molecule has 0 heterocycles. The second-order valence-corrected chi connectivity index (χ2v) is 5.16. The molecule has 6 nitrogen and oxygen atoms in total. The molecular formula is C11H22N2O4S. The molecular weight excluding hydrogens is 256 g/mol. The lowest BCUT2D eigenvalue weighted by Gasteiger charge is -2.25. The highest BCUT2D eigenvalue weighted by Crippen LogP contribution is 2.23. The number of thiol groups is 1. The minimum Gasteiger partial charge on any atom is -0.368 e. The number of carbonyl (C=O) groups excluding carboxylic acids is 2. The standard InChI is InChI=1S/C11H22N2O4S/c1-11(2,10(16)17)7-9(15)12-4-3-8(14)13-5-6-18/h10,16-18H,3-7H2,1-2H3,(H,12,15)(H,13,14). The normalized spacial score (nSPS) is 11.4. The largest absolute Gasteiger partial charge is 0.368 e. The molecule has 0 radical (unpaired) electrons. The molecule has 0 aromatic heterocycles. The van der Waals surface area contributed by atoms with Gasteiger partial charge >= 0.3 is 0 Å². The number of aliphatic hydroxyl groups is 2. The van der Waals surface area contributed by atoms with Crippen LogP contribution in [-0.4, -0.2) is 47.2 Å². The van der Waals surface area contributed by atoms with E-state index in [9.17, 15) is 9.59 Å². The molecule has 7 heteroatoms. The number of hydrogen-bond donors (Lipinski definition) is 5. The Morgan fingerprint density at radius 3 is 2.22 bits per heavy atom. The third-order valence-corrected chi connectivity index (χ3v) is 2.65. The highest BCUT2D eigenvalue weighted by atomic mass is 32.1. The SMILES string of the molecule is CC(C)(CC(=O)NCCC(=O)NCCS)C(O)O. The lowest BCUT2D eigenvalue weighted by Crippen LogP contribution is -2.37. The van der Waals surface area contributed by atoms with Crippen LogP contribution in [0, 0.1) is 5.41 Å². The van der Waals surface area contributed by atoms with E-state index in [0.717, 1.165) is 0 Å². The van der Waals surface area contributed by atoms with Gasteiger partial charge in [-0.15, -0.1) is 0 Å². The van der Waals surface area contributed by atoms with Crippen LogP contribution in [0.15, 0.2) is 0 Å². The van der Waals surface area contributed by atoms with Crippen molar-refractivity contribution in [3.63, 3.8) is 0 Å². The zero-order chi connectivity index (χ0) is 14.2. The number of aliphatic hydroxyl groups excluding tert-OH is 1. The number of rotatable bonds is 8. The summed E-state index contributed by atoms with van der Waals surface area (Å²) in [4.78, 5) is 22.7. The van der Waals surface area contributed by atoms with Crippen LogP contribution in [0.3, 0.4) is 0 Å². The van der Waals surface area contributed by atoms with Gasteiger partial charge in [-0.05, 0) is 0 Å². The molecule has 0 aliphatic carbocycles. The maximum absolute atomic E-state index is 11.5. The Labute approximate surface area is 113 Å². The fourth-order valence-electron chi connectivity index (χ4n) is 1.17. The van der Waals surface area contributed by atoms with Crippen LogP contribution < -0.4 is 10.6 Å². The van der Waals surface area contributed by atoms with E-state index in [2.05, 4.69) is 23.3 Å². The summed E-state index contributed by atoms with van der Waals surface area (Å²) in [5.74, 6) is 0.113. The first-order chi connectivity index (χ1) is 8.29. The third kappa shape index (κ3) is 7.52. The fraction of sp³-hybridized carbons (Fsp3) is 0.818. The van der Waals surface area contributed by atoms with Crippen molar-refractivity contribution in [3.05, 3.63) is 0 Å². The molecule has 18 heavy (non-hydrogen) atoms. The molecule has 0 aromatic carbocycles. The fourth-order valence-corrected chi connectivity index (χ4v) is 1.28. The van der Waals surface area contributed by atoms with Crippen molar-refractivity contribution in [1.82, 2.24) is 10.6 Å². The Bertz CT molecular complexity index is 282. The van der Waals surface area contributed by atoms with Gasteiger partial charge in [-0.2, -0.15) is 12.6 Å². The number of nitrogens with one attached hydrogen (secondary N) is 2. The van der Waals surface area contributed by atoms with Crippen LogP contribution in [-0.2, 0) is 9.59 Å². The van der Waals surface area contributed by atoms with Gasteiger partial charge in [0.25, 0.3) is 0 Å². The van der Waals surface area contributed by atoms with Gasteiger partial charge in [0.05, 0.1) is 0 Å². The lowest BCUT2D eigenvalue weighted by molar-refractivity contribution is -0.142. The van der Waals surface area contributed by atoms with E-state index in [1.807, 2.05) is 0 Å². The smallest absolute Gasteiger partial charge is 0.221 e. The first-order valence-corrected chi connectivity index (χ1v) is 6.43. The average Bonchev–Trinajstić information content (AvgIpc) is 2.25. The molecule has 106 valence electrons. The summed E-state index contributed by atoms with van der Waals surface area (Å²) < 4.78 is 0. The number of hydrogen-bond acceptors (Lipinski definition) is 5. The van der Waals surface area contributed by atoms with Gasteiger partial charge in [0, 0.05) is 37.1 Å². The molecule has 0 aromatic rings. The van der Waals surface area contributed by atoms with Gasteiger partial charge in [0.15, 0.2) is 6.29 Å². The van der Waals surface area contributed by atoms with E-state index in [0.29, 0.717) is 12.3 Å². The van der Waals surface area contributed by atoms with E-state index >= 15 is 0 Å². The number of amides is 2. The lowest BCUT2D eigenvalue weighted by atomic mass is 9.88. The topological polar surface area (TPSA) is 98.7 Å². The zero-order valence-electron chi connectivity index (χ0n) is 10.8. The zero-order valence-corrected chi connectivity index (χ0v) is 11.7. The maximum atomic E-state index is 11.5. The maximum Gasteiger partial charge on any atom is 0.221 e. The summed E-state index contributed by atoms with van der Waals surface area (Å²) in [6, 6.07) is 0. The molecule has 0 aliphatic heterocycles. The molecule has 0 fully saturated rings. The molecule has 4 N–H and O–H groups in total. The van der Waals surface area contributed by atoms with Crippen molar-refractivity contribution in [2.24, 2.45) is 5.41 Å². The van der Waals surface area contributed by atoms with Crippen molar-refractivity contribution in [2.75, 3.05) is 18.8 Å². The Morgan fingerprint density at radius 2 is 1.72 bits per heavy atom. The molecule has 0 saturated heterocycles. The first kappa shape index (κ1) is 17.2. The third-order valence-electron chi connectivity index (χ3n) is 2.42. The molecule has 2 amide bonds. The van der Waals surface area contributed by atoms with Gasteiger partial charge < -0.3 is 20.8 Å². The highest BCUT2D eigenvalue weighted by Gasteiger charge is 2.28. The molecule has 0 rings (SSSR count). The van der Waals surface area contributed by atoms with E-state index in [-0.39, 0.29) is 31.2 Å². The minimum atomic E-state index is -1.55. The highest BCUT2D eigenvalue weighted by molar-refractivity contribution is 7.80. The predicted octanol–water partition coefficient (Wildman–Crippen LogP) is -0.734. The Hall–Kier alpha value is -0.790. The number of carbonyl (C=O) groups is 2. The Kier molecular flexibility index (Phi) is 7.97.